The summed E-state index contributed by atoms with van der Waals surface area (Å²) in [6, 6.07) is 3.15. The molecule has 5 rings (SSSR count). The van der Waals surface area contributed by atoms with Gasteiger partial charge in [0.25, 0.3) is 0 Å². The van der Waals surface area contributed by atoms with Gasteiger partial charge in [-0.05, 0) is 18.9 Å². The molecule has 3 aliphatic heterocycles. The van der Waals surface area contributed by atoms with Crippen molar-refractivity contribution >= 4 is 5.95 Å². The Morgan fingerprint density at radius 3 is 2.92 bits per heavy atom. The van der Waals surface area contributed by atoms with E-state index in [0.29, 0.717) is 12.1 Å². The number of anilines is 1. The van der Waals surface area contributed by atoms with Crippen molar-refractivity contribution in [3.63, 3.8) is 0 Å². The van der Waals surface area contributed by atoms with E-state index in [1.54, 1.807) is 0 Å². The summed E-state index contributed by atoms with van der Waals surface area (Å²) in [5.74, 6) is 0.876. The van der Waals surface area contributed by atoms with Crippen molar-refractivity contribution in [2.45, 2.75) is 37.9 Å². The second kappa shape index (κ2) is 6.07. The number of ether oxygens (including phenoxy) is 1. The highest BCUT2D eigenvalue weighted by Crippen LogP contribution is 2.43. The van der Waals surface area contributed by atoms with Crippen molar-refractivity contribution in [1.82, 2.24) is 24.6 Å². The maximum atomic E-state index is 5.44. The van der Waals surface area contributed by atoms with Gasteiger partial charge in [-0.2, -0.15) is 5.10 Å². The topological polar surface area (TPSA) is 59.3 Å². The van der Waals surface area contributed by atoms with Crippen molar-refractivity contribution in [2.24, 2.45) is 7.05 Å². The lowest BCUT2D eigenvalue weighted by atomic mass is 9.99. The zero-order valence-corrected chi connectivity index (χ0v) is 14.6. The summed E-state index contributed by atoms with van der Waals surface area (Å²) in [7, 11) is 2.02. The van der Waals surface area contributed by atoms with E-state index in [4.69, 9.17) is 14.7 Å². The van der Waals surface area contributed by atoms with Gasteiger partial charge in [-0.15, -0.1) is 0 Å². The molecule has 0 N–H and O–H groups in total. The normalized spacial score (nSPS) is 26.0. The van der Waals surface area contributed by atoms with Crippen LogP contribution in [0.15, 0.2) is 18.5 Å². The average Bonchev–Trinajstić information content (AvgIpc) is 3.17. The van der Waals surface area contributed by atoms with Crippen molar-refractivity contribution < 1.29 is 4.74 Å². The standard InChI is InChI=1S/C18H24N6O/c1-22-14(4-5-20-22)12-24-13-2-3-17(24)15-11-19-18(21-16(15)10-13)23-6-8-25-9-7-23/h4-5,11,13,17H,2-3,6-10,12H2,1H3/t13-,17+/m0/s1. The third-order valence-electron chi connectivity index (χ3n) is 5.88. The van der Waals surface area contributed by atoms with Gasteiger partial charge in [0.15, 0.2) is 0 Å². The predicted molar refractivity (Wildman–Crippen MR) is 93.3 cm³/mol. The number of morpholine rings is 1. The molecule has 2 bridgehead atoms. The van der Waals surface area contributed by atoms with Crippen LogP contribution in [0.25, 0.3) is 0 Å². The van der Waals surface area contributed by atoms with Gasteiger partial charge in [0, 0.05) is 63.1 Å². The Hall–Kier alpha value is -1.99. The predicted octanol–water partition coefficient (Wildman–Crippen LogP) is 1.31. The number of fused-ring (bicyclic) bond motifs is 4. The summed E-state index contributed by atoms with van der Waals surface area (Å²) in [6.07, 6.45) is 7.44. The second-order valence-electron chi connectivity index (χ2n) is 7.24. The van der Waals surface area contributed by atoms with Crippen molar-refractivity contribution in [2.75, 3.05) is 31.2 Å². The lowest BCUT2D eigenvalue weighted by molar-refractivity contribution is 0.122. The summed E-state index contributed by atoms with van der Waals surface area (Å²) < 4.78 is 7.42. The molecular formula is C18H24N6O. The van der Waals surface area contributed by atoms with Crippen LogP contribution in [0.5, 0.6) is 0 Å². The van der Waals surface area contributed by atoms with E-state index >= 15 is 0 Å². The fourth-order valence-electron chi connectivity index (χ4n) is 4.47. The van der Waals surface area contributed by atoms with E-state index < -0.39 is 0 Å². The first-order valence-corrected chi connectivity index (χ1v) is 9.21. The summed E-state index contributed by atoms with van der Waals surface area (Å²) in [4.78, 5) is 14.5. The van der Waals surface area contributed by atoms with Crippen LogP contribution in [-0.2, 0) is 24.8 Å². The van der Waals surface area contributed by atoms with Crippen molar-refractivity contribution in [3.8, 4) is 0 Å². The van der Waals surface area contributed by atoms with Crippen LogP contribution in [0.3, 0.4) is 0 Å². The second-order valence-corrected chi connectivity index (χ2v) is 7.24. The van der Waals surface area contributed by atoms with Gasteiger partial charge in [0.1, 0.15) is 0 Å². The lowest BCUT2D eigenvalue weighted by Crippen LogP contribution is -2.40. The highest BCUT2D eigenvalue weighted by Gasteiger charge is 2.41. The smallest absolute Gasteiger partial charge is 0.225 e. The first kappa shape index (κ1) is 15.3. The van der Waals surface area contributed by atoms with Crippen molar-refractivity contribution in [1.29, 1.82) is 0 Å². The van der Waals surface area contributed by atoms with E-state index in [-0.39, 0.29) is 0 Å². The lowest BCUT2D eigenvalue weighted by Gasteiger charge is -2.36. The van der Waals surface area contributed by atoms with Gasteiger partial charge >= 0.3 is 0 Å². The van der Waals surface area contributed by atoms with Crippen LogP contribution < -0.4 is 4.90 Å². The SMILES string of the molecule is Cn1nccc1CN1[C@H]2CC[C@@H]1c1cnc(N3CCOCC3)nc1C2. The molecule has 7 heteroatoms. The van der Waals surface area contributed by atoms with Crippen LogP contribution in [0.2, 0.25) is 0 Å². The molecule has 0 radical (unpaired) electrons. The molecule has 0 aliphatic carbocycles. The molecule has 0 amide bonds. The van der Waals surface area contributed by atoms with Crippen molar-refractivity contribution in [3.05, 3.63) is 35.4 Å². The molecule has 132 valence electrons. The molecule has 2 aromatic heterocycles. The molecule has 2 fully saturated rings. The molecular weight excluding hydrogens is 316 g/mol. The molecule has 3 aliphatic rings. The first-order valence-electron chi connectivity index (χ1n) is 9.21. The van der Waals surface area contributed by atoms with Gasteiger partial charge in [-0.3, -0.25) is 9.58 Å². The average molecular weight is 340 g/mol. The molecule has 2 atom stereocenters. The highest BCUT2D eigenvalue weighted by atomic mass is 16.5. The molecule has 2 aromatic rings. The summed E-state index contributed by atoms with van der Waals surface area (Å²) in [6.45, 7) is 4.27. The fourth-order valence-corrected chi connectivity index (χ4v) is 4.47. The molecule has 7 nitrogen and oxygen atoms in total. The zero-order chi connectivity index (χ0) is 16.8. The number of hydrogen-bond donors (Lipinski definition) is 0. The van der Waals surface area contributed by atoms with Crippen LogP contribution in [0.1, 0.15) is 35.8 Å². The number of hydrogen-bond acceptors (Lipinski definition) is 6. The van der Waals surface area contributed by atoms with E-state index in [1.807, 2.05) is 17.9 Å². The molecule has 0 unspecified atom stereocenters. The minimum atomic E-state index is 0.447. The molecule has 5 heterocycles. The van der Waals surface area contributed by atoms with Gasteiger partial charge in [0.05, 0.1) is 24.6 Å². The number of aromatic nitrogens is 4. The monoisotopic (exact) mass is 340 g/mol. The minimum absolute atomic E-state index is 0.447. The minimum Gasteiger partial charge on any atom is -0.378 e. The zero-order valence-electron chi connectivity index (χ0n) is 14.6. The highest BCUT2D eigenvalue weighted by molar-refractivity contribution is 5.37. The Balaban J connectivity index is 1.41. The third-order valence-corrected chi connectivity index (χ3v) is 5.88. The first-order chi connectivity index (χ1) is 12.3. The Kier molecular flexibility index (Phi) is 3.71. The molecule has 0 spiro atoms. The summed E-state index contributed by atoms with van der Waals surface area (Å²) >= 11 is 0. The number of rotatable bonds is 3. The largest absolute Gasteiger partial charge is 0.378 e. The molecule has 2 saturated heterocycles. The van der Waals surface area contributed by atoms with Gasteiger partial charge < -0.3 is 9.64 Å². The molecule has 0 aromatic carbocycles. The summed E-state index contributed by atoms with van der Waals surface area (Å²) in [5.41, 5.74) is 3.85. The van der Waals surface area contributed by atoms with Gasteiger partial charge in [-0.25, -0.2) is 9.97 Å². The fraction of sp³-hybridized carbons (Fsp3) is 0.611. The van der Waals surface area contributed by atoms with E-state index in [0.717, 1.165) is 45.2 Å². The van der Waals surface area contributed by atoms with Crippen LogP contribution >= 0.6 is 0 Å². The van der Waals surface area contributed by atoms with Gasteiger partial charge in [0.2, 0.25) is 5.95 Å². The van der Waals surface area contributed by atoms with Crippen LogP contribution in [0.4, 0.5) is 5.95 Å². The number of aryl methyl sites for hydroxylation is 1. The van der Waals surface area contributed by atoms with Crippen LogP contribution in [-0.4, -0.2) is 57.0 Å². The number of nitrogens with zero attached hydrogens (tertiary/aromatic N) is 6. The van der Waals surface area contributed by atoms with E-state index in [2.05, 4.69) is 27.2 Å². The van der Waals surface area contributed by atoms with E-state index in [1.165, 1.54) is 29.8 Å². The Bertz CT molecular complexity index is 769. The van der Waals surface area contributed by atoms with E-state index in [9.17, 15) is 0 Å². The quantitative estimate of drug-likeness (QED) is 0.840. The van der Waals surface area contributed by atoms with Crippen LogP contribution in [0, 0.1) is 0 Å². The molecule has 25 heavy (non-hydrogen) atoms. The Labute approximate surface area is 147 Å². The summed E-state index contributed by atoms with van der Waals surface area (Å²) in [5, 5.41) is 4.31. The Morgan fingerprint density at radius 2 is 2.12 bits per heavy atom. The van der Waals surface area contributed by atoms with Gasteiger partial charge in [-0.1, -0.05) is 0 Å². The molecule has 0 saturated carbocycles. The third kappa shape index (κ3) is 2.62. The maximum Gasteiger partial charge on any atom is 0.225 e. The Morgan fingerprint density at radius 1 is 1.24 bits per heavy atom. The maximum absolute atomic E-state index is 5.44.